The van der Waals surface area contributed by atoms with Crippen molar-refractivity contribution in [1.29, 1.82) is 0 Å². The Bertz CT molecular complexity index is 416. The van der Waals surface area contributed by atoms with E-state index in [1.807, 2.05) is 6.92 Å². The van der Waals surface area contributed by atoms with Gasteiger partial charge < -0.3 is 0 Å². The summed E-state index contributed by atoms with van der Waals surface area (Å²) < 4.78 is 30.7. The molecule has 15 heavy (non-hydrogen) atoms. The quantitative estimate of drug-likeness (QED) is 0.678. The van der Waals surface area contributed by atoms with Gasteiger partial charge in [-0.05, 0) is 37.0 Å². The number of hydrogen-bond acceptors (Lipinski definition) is 3. The largest absolute Gasteiger partial charge is 0.336 e. The van der Waals surface area contributed by atoms with Gasteiger partial charge in [0.15, 0.2) is 0 Å². The van der Waals surface area contributed by atoms with Crippen LogP contribution in [0.15, 0.2) is 0 Å². The van der Waals surface area contributed by atoms with Crippen LogP contribution in [0.25, 0.3) is 0 Å². The van der Waals surface area contributed by atoms with Crippen LogP contribution in [0.5, 0.6) is 0 Å². The summed E-state index contributed by atoms with van der Waals surface area (Å²) in [5, 5.41) is 0. The second-order valence-corrected chi connectivity index (χ2v) is 7.27. The lowest BCUT2D eigenvalue weighted by Crippen LogP contribution is -2.68. The minimum absolute atomic E-state index is 0.153. The highest BCUT2D eigenvalue weighted by Crippen LogP contribution is 2.64. The van der Waals surface area contributed by atoms with Crippen LogP contribution in [0.3, 0.4) is 0 Å². The molecule has 1 aliphatic heterocycles. The van der Waals surface area contributed by atoms with Gasteiger partial charge in [0.05, 0.1) is 11.6 Å². The highest BCUT2D eigenvalue weighted by molar-refractivity contribution is 7.85. The van der Waals surface area contributed by atoms with Crippen molar-refractivity contribution in [1.82, 2.24) is 4.72 Å². The molecule has 5 heteroatoms. The zero-order valence-corrected chi connectivity index (χ0v) is 10.1. The molecular formula is C10H17NO3S. The second kappa shape index (κ2) is 2.41. The van der Waals surface area contributed by atoms with Gasteiger partial charge in [-0.25, -0.2) is 0 Å². The van der Waals surface area contributed by atoms with E-state index in [0.717, 1.165) is 12.8 Å². The van der Waals surface area contributed by atoms with Gasteiger partial charge in [0.1, 0.15) is 0 Å². The van der Waals surface area contributed by atoms with Gasteiger partial charge in [-0.3, -0.25) is 4.18 Å². The van der Waals surface area contributed by atoms with Crippen molar-refractivity contribution >= 4 is 10.3 Å². The Morgan fingerprint density at radius 1 is 1.27 bits per heavy atom. The Morgan fingerprint density at radius 2 is 1.93 bits per heavy atom. The molecule has 1 saturated heterocycles. The Balaban J connectivity index is 2.03. The molecule has 2 bridgehead atoms. The van der Waals surface area contributed by atoms with Gasteiger partial charge >= 0.3 is 10.3 Å². The fourth-order valence-electron chi connectivity index (χ4n) is 3.88. The first kappa shape index (κ1) is 10.1. The predicted octanol–water partition coefficient (Wildman–Crippen LogP) is 1.04. The molecule has 4 rings (SSSR count). The molecule has 0 spiro atoms. The molecule has 1 N–H and O–H groups in total. The monoisotopic (exact) mass is 231 g/mol. The van der Waals surface area contributed by atoms with Crippen LogP contribution < -0.4 is 4.72 Å². The average molecular weight is 231 g/mol. The second-order valence-electron chi connectivity index (χ2n) is 5.97. The molecule has 4 fully saturated rings. The van der Waals surface area contributed by atoms with Crippen molar-refractivity contribution in [3.05, 3.63) is 0 Å². The van der Waals surface area contributed by atoms with Crippen LogP contribution in [0, 0.1) is 17.3 Å². The lowest BCUT2D eigenvalue weighted by Gasteiger charge is -2.64. The van der Waals surface area contributed by atoms with Crippen LogP contribution in [0.2, 0.25) is 0 Å². The zero-order valence-electron chi connectivity index (χ0n) is 9.28. The first-order valence-corrected chi connectivity index (χ1v) is 6.89. The minimum Gasteiger partial charge on any atom is -0.253 e. The molecule has 86 valence electrons. The maximum absolute atomic E-state index is 11.4. The molecule has 4 nitrogen and oxygen atoms in total. The van der Waals surface area contributed by atoms with E-state index in [-0.39, 0.29) is 17.1 Å². The summed E-state index contributed by atoms with van der Waals surface area (Å²) in [6.45, 7) is 6.46. The van der Waals surface area contributed by atoms with Crippen LogP contribution in [0.4, 0.5) is 0 Å². The van der Waals surface area contributed by atoms with Crippen molar-refractivity contribution in [3.63, 3.8) is 0 Å². The highest BCUT2D eigenvalue weighted by Gasteiger charge is 2.67. The molecule has 0 amide bonds. The fourth-order valence-corrected chi connectivity index (χ4v) is 5.33. The maximum Gasteiger partial charge on any atom is 0.336 e. The highest BCUT2D eigenvalue weighted by atomic mass is 32.2. The third kappa shape index (κ3) is 1.06. The summed E-state index contributed by atoms with van der Waals surface area (Å²) in [6.07, 6.45) is 1.84. The van der Waals surface area contributed by atoms with Gasteiger partial charge in [-0.1, -0.05) is 13.8 Å². The number of nitrogens with one attached hydrogen (secondary N) is 1. The number of rotatable bonds is 0. The van der Waals surface area contributed by atoms with E-state index in [2.05, 4.69) is 18.6 Å². The smallest absolute Gasteiger partial charge is 0.253 e. The van der Waals surface area contributed by atoms with Crippen molar-refractivity contribution in [2.45, 2.75) is 45.3 Å². The number of hydrogen-bond donors (Lipinski definition) is 1. The van der Waals surface area contributed by atoms with Gasteiger partial charge in [0.2, 0.25) is 0 Å². The first-order chi connectivity index (χ1) is 6.76. The van der Waals surface area contributed by atoms with Gasteiger partial charge in [0, 0.05) is 0 Å². The molecule has 3 saturated carbocycles. The standard InChI is InChI=1S/C10H17NO3S/c1-9(2)6-4-7(9)10(3)8(5-6)14-15(12,13)11-10/h6-8,11H,4-5H2,1-3H3. The zero-order chi connectivity index (χ0) is 11.1. The molecule has 0 aromatic carbocycles. The average Bonchev–Trinajstić information content (AvgIpc) is 2.31. The third-order valence-corrected chi connectivity index (χ3v) is 6.13. The molecule has 0 aromatic heterocycles. The Labute approximate surface area is 90.6 Å². The van der Waals surface area contributed by atoms with Gasteiger partial charge in [0.25, 0.3) is 0 Å². The normalized spacial score (nSPS) is 54.5. The Hall–Kier alpha value is -0.130. The predicted molar refractivity (Wildman–Crippen MR) is 55.3 cm³/mol. The molecule has 1 heterocycles. The van der Waals surface area contributed by atoms with E-state index >= 15 is 0 Å². The van der Waals surface area contributed by atoms with Crippen LogP contribution in [-0.2, 0) is 14.5 Å². The van der Waals surface area contributed by atoms with Crippen molar-refractivity contribution < 1.29 is 12.6 Å². The topological polar surface area (TPSA) is 55.4 Å². The Kier molecular flexibility index (Phi) is 1.62. The summed E-state index contributed by atoms with van der Waals surface area (Å²) in [4.78, 5) is 0. The molecule has 4 unspecified atom stereocenters. The van der Waals surface area contributed by atoms with E-state index in [0.29, 0.717) is 11.8 Å². The summed E-state index contributed by atoms with van der Waals surface area (Å²) in [7, 11) is -3.49. The van der Waals surface area contributed by atoms with Crippen LogP contribution in [0.1, 0.15) is 33.6 Å². The maximum atomic E-state index is 11.4. The Morgan fingerprint density at radius 3 is 2.53 bits per heavy atom. The lowest BCUT2D eigenvalue weighted by atomic mass is 9.43. The van der Waals surface area contributed by atoms with Crippen molar-refractivity contribution in [2.24, 2.45) is 17.3 Å². The van der Waals surface area contributed by atoms with Crippen molar-refractivity contribution in [2.75, 3.05) is 0 Å². The van der Waals surface area contributed by atoms with Crippen LogP contribution >= 0.6 is 0 Å². The third-order valence-electron chi connectivity index (χ3n) is 4.95. The molecule has 0 radical (unpaired) electrons. The first-order valence-electron chi connectivity index (χ1n) is 5.48. The molecular weight excluding hydrogens is 214 g/mol. The van der Waals surface area contributed by atoms with Crippen LogP contribution in [-0.4, -0.2) is 20.1 Å². The van der Waals surface area contributed by atoms with E-state index in [1.165, 1.54) is 0 Å². The summed E-state index contributed by atoms with van der Waals surface area (Å²) >= 11 is 0. The van der Waals surface area contributed by atoms with E-state index < -0.39 is 10.3 Å². The SMILES string of the molecule is CC1(C)C2CC3OS(=O)(=O)NC3(C)C1C2. The summed E-state index contributed by atoms with van der Waals surface area (Å²) in [5.74, 6) is 1.03. The lowest BCUT2D eigenvalue weighted by molar-refractivity contribution is -0.151. The molecule has 3 aliphatic carbocycles. The van der Waals surface area contributed by atoms with E-state index in [1.54, 1.807) is 0 Å². The summed E-state index contributed by atoms with van der Waals surface area (Å²) in [5.41, 5.74) is -0.126. The van der Waals surface area contributed by atoms with Gasteiger partial charge in [-0.15, -0.1) is 0 Å². The summed E-state index contributed by atoms with van der Waals surface area (Å²) in [6, 6.07) is 0. The molecule has 0 aromatic rings. The minimum atomic E-state index is -3.49. The fraction of sp³-hybridized carbons (Fsp3) is 1.00. The van der Waals surface area contributed by atoms with E-state index in [9.17, 15) is 8.42 Å². The van der Waals surface area contributed by atoms with Crippen molar-refractivity contribution in [3.8, 4) is 0 Å². The molecule has 4 atom stereocenters. The molecule has 4 aliphatic rings. The van der Waals surface area contributed by atoms with Gasteiger partial charge in [-0.2, -0.15) is 13.1 Å². The van der Waals surface area contributed by atoms with E-state index in [4.69, 9.17) is 4.18 Å².